The van der Waals surface area contributed by atoms with E-state index in [9.17, 15) is 0 Å². The lowest BCUT2D eigenvalue weighted by molar-refractivity contribution is 0.617. The largest absolute Gasteiger partial charge is 0.317 e. The Kier molecular flexibility index (Phi) is 4.66. The first kappa shape index (κ1) is 11.2. The minimum absolute atomic E-state index is 1.07. The average Bonchev–Trinajstić information content (AvgIpc) is 2.45. The van der Waals surface area contributed by atoms with E-state index in [1.807, 2.05) is 18.7 Å². The van der Waals surface area contributed by atoms with Crippen LogP contribution in [0.2, 0.25) is 0 Å². The number of unbranched alkanes of at least 4 members (excludes halogenated alkanes) is 1. The van der Waals surface area contributed by atoms with Crippen LogP contribution >= 0.6 is 0 Å². The topological polar surface area (TPSA) is 29.9 Å². The van der Waals surface area contributed by atoms with Crippen molar-refractivity contribution < 1.29 is 0 Å². The van der Waals surface area contributed by atoms with Crippen molar-refractivity contribution >= 4 is 0 Å². The van der Waals surface area contributed by atoms with Gasteiger partial charge in [0.15, 0.2) is 0 Å². The minimum atomic E-state index is 1.07. The second-order valence-corrected chi connectivity index (χ2v) is 3.71. The molecule has 0 bridgehead atoms. The number of hydrogen-bond acceptors (Lipinski definition) is 2. The molecule has 0 aliphatic heterocycles. The van der Waals surface area contributed by atoms with Crippen LogP contribution in [0.15, 0.2) is 6.07 Å². The molecule has 0 saturated heterocycles. The van der Waals surface area contributed by atoms with Crippen molar-refractivity contribution in [2.24, 2.45) is 7.05 Å². The summed E-state index contributed by atoms with van der Waals surface area (Å²) in [5, 5.41) is 7.66. The molecule has 0 unspecified atom stereocenters. The van der Waals surface area contributed by atoms with E-state index in [4.69, 9.17) is 0 Å². The van der Waals surface area contributed by atoms with Crippen LogP contribution < -0.4 is 5.32 Å². The van der Waals surface area contributed by atoms with E-state index in [0.29, 0.717) is 0 Å². The molecule has 0 spiro atoms. The van der Waals surface area contributed by atoms with E-state index in [1.54, 1.807) is 0 Å². The van der Waals surface area contributed by atoms with Gasteiger partial charge >= 0.3 is 0 Å². The van der Waals surface area contributed by atoms with Gasteiger partial charge in [0.2, 0.25) is 0 Å². The average molecular weight is 195 g/mol. The molecular formula is C11H21N3. The van der Waals surface area contributed by atoms with Gasteiger partial charge in [-0.1, -0.05) is 6.92 Å². The standard InChI is InChI=1S/C11H21N3/c1-4-12-8-6-5-7-11-9-10(2)13-14(11)3/h9,12H,4-8H2,1-3H3. The zero-order valence-electron chi connectivity index (χ0n) is 9.51. The summed E-state index contributed by atoms with van der Waals surface area (Å²) in [7, 11) is 2.02. The van der Waals surface area contributed by atoms with E-state index in [1.165, 1.54) is 18.5 Å². The molecule has 1 aromatic heterocycles. The summed E-state index contributed by atoms with van der Waals surface area (Å²) in [5.74, 6) is 0. The highest BCUT2D eigenvalue weighted by Crippen LogP contribution is 2.05. The highest BCUT2D eigenvalue weighted by molar-refractivity contribution is 5.08. The molecule has 0 aliphatic rings. The molecule has 1 heterocycles. The normalized spacial score (nSPS) is 10.8. The van der Waals surface area contributed by atoms with Crippen LogP contribution in [-0.4, -0.2) is 22.9 Å². The monoisotopic (exact) mass is 195 g/mol. The van der Waals surface area contributed by atoms with Gasteiger partial charge in [-0.2, -0.15) is 5.10 Å². The molecule has 0 saturated carbocycles. The Bertz CT molecular complexity index is 265. The van der Waals surface area contributed by atoms with Crippen molar-refractivity contribution in [1.29, 1.82) is 0 Å². The van der Waals surface area contributed by atoms with E-state index < -0.39 is 0 Å². The van der Waals surface area contributed by atoms with Gasteiger partial charge in [0.05, 0.1) is 5.69 Å². The Hall–Kier alpha value is -0.830. The van der Waals surface area contributed by atoms with Crippen LogP contribution in [0.4, 0.5) is 0 Å². The molecule has 80 valence electrons. The fraction of sp³-hybridized carbons (Fsp3) is 0.727. The lowest BCUT2D eigenvalue weighted by Crippen LogP contribution is -2.14. The lowest BCUT2D eigenvalue weighted by Gasteiger charge is -2.02. The predicted molar refractivity (Wildman–Crippen MR) is 59.4 cm³/mol. The fourth-order valence-corrected chi connectivity index (χ4v) is 1.63. The smallest absolute Gasteiger partial charge is 0.0596 e. The third-order valence-electron chi connectivity index (χ3n) is 2.39. The van der Waals surface area contributed by atoms with E-state index in [0.717, 1.165) is 25.2 Å². The number of rotatable bonds is 6. The summed E-state index contributed by atoms with van der Waals surface area (Å²) in [6.45, 7) is 6.39. The van der Waals surface area contributed by atoms with Crippen molar-refractivity contribution in [3.8, 4) is 0 Å². The van der Waals surface area contributed by atoms with Gasteiger partial charge in [-0.15, -0.1) is 0 Å². The van der Waals surface area contributed by atoms with E-state index in [2.05, 4.69) is 23.4 Å². The maximum Gasteiger partial charge on any atom is 0.0596 e. The van der Waals surface area contributed by atoms with Crippen LogP contribution in [0.25, 0.3) is 0 Å². The second-order valence-electron chi connectivity index (χ2n) is 3.71. The van der Waals surface area contributed by atoms with Crippen molar-refractivity contribution in [3.63, 3.8) is 0 Å². The number of hydrogen-bond donors (Lipinski definition) is 1. The first-order valence-electron chi connectivity index (χ1n) is 5.44. The Morgan fingerprint density at radius 3 is 2.79 bits per heavy atom. The molecular weight excluding hydrogens is 174 g/mol. The zero-order valence-corrected chi connectivity index (χ0v) is 9.51. The molecule has 1 rings (SSSR count). The summed E-state index contributed by atoms with van der Waals surface area (Å²) in [6, 6.07) is 2.17. The summed E-state index contributed by atoms with van der Waals surface area (Å²) in [4.78, 5) is 0. The molecule has 3 nitrogen and oxygen atoms in total. The molecule has 14 heavy (non-hydrogen) atoms. The van der Waals surface area contributed by atoms with Crippen molar-refractivity contribution in [3.05, 3.63) is 17.5 Å². The maximum absolute atomic E-state index is 4.33. The molecule has 0 atom stereocenters. The van der Waals surface area contributed by atoms with Crippen molar-refractivity contribution in [2.75, 3.05) is 13.1 Å². The molecule has 1 aromatic rings. The molecule has 3 heteroatoms. The molecule has 0 amide bonds. The first-order chi connectivity index (χ1) is 6.74. The Balaban J connectivity index is 2.21. The van der Waals surface area contributed by atoms with Gasteiger partial charge in [0, 0.05) is 12.7 Å². The van der Waals surface area contributed by atoms with E-state index >= 15 is 0 Å². The van der Waals surface area contributed by atoms with E-state index in [-0.39, 0.29) is 0 Å². The van der Waals surface area contributed by atoms with Gasteiger partial charge in [-0.05, 0) is 45.3 Å². The Labute approximate surface area is 86.5 Å². The Morgan fingerprint density at radius 1 is 1.43 bits per heavy atom. The number of aryl methyl sites for hydroxylation is 3. The molecule has 1 N–H and O–H groups in total. The van der Waals surface area contributed by atoms with Crippen LogP contribution in [0.5, 0.6) is 0 Å². The predicted octanol–water partition coefficient (Wildman–Crippen LogP) is 1.66. The van der Waals surface area contributed by atoms with Gasteiger partial charge in [0.25, 0.3) is 0 Å². The minimum Gasteiger partial charge on any atom is -0.317 e. The molecule has 0 fully saturated rings. The van der Waals surface area contributed by atoms with Crippen LogP contribution in [0.1, 0.15) is 31.2 Å². The highest BCUT2D eigenvalue weighted by Gasteiger charge is 2.00. The third-order valence-corrected chi connectivity index (χ3v) is 2.39. The summed E-state index contributed by atoms with van der Waals surface area (Å²) < 4.78 is 1.99. The molecule has 0 radical (unpaired) electrons. The number of aromatic nitrogens is 2. The lowest BCUT2D eigenvalue weighted by atomic mass is 10.2. The maximum atomic E-state index is 4.33. The van der Waals surface area contributed by atoms with Gasteiger partial charge in [0.1, 0.15) is 0 Å². The highest BCUT2D eigenvalue weighted by atomic mass is 15.3. The summed E-state index contributed by atoms with van der Waals surface area (Å²) in [6.07, 6.45) is 3.63. The number of nitrogens with zero attached hydrogens (tertiary/aromatic N) is 2. The fourth-order valence-electron chi connectivity index (χ4n) is 1.63. The zero-order chi connectivity index (χ0) is 10.4. The van der Waals surface area contributed by atoms with Gasteiger partial charge in [-0.25, -0.2) is 0 Å². The number of nitrogens with one attached hydrogen (secondary N) is 1. The first-order valence-corrected chi connectivity index (χ1v) is 5.44. The van der Waals surface area contributed by atoms with Crippen LogP contribution in [-0.2, 0) is 13.5 Å². The molecule has 0 aliphatic carbocycles. The SMILES string of the molecule is CCNCCCCc1cc(C)nn1C. The summed E-state index contributed by atoms with van der Waals surface area (Å²) in [5.41, 5.74) is 2.47. The molecule has 0 aromatic carbocycles. The third kappa shape index (κ3) is 3.50. The van der Waals surface area contributed by atoms with Crippen molar-refractivity contribution in [1.82, 2.24) is 15.1 Å². The second kappa shape index (κ2) is 5.81. The van der Waals surface area contributed by atoms with Gasteiger partial charge < -0.3 is 5.32 Å². The van der Waals surface area contributed by atoms with Crippen LogP contribution in [0, 0.1) is 6.92 Å². The Morgan fingerprint density at radius 2 is 2.21 bits per heavy atom. The van der Waals surface area contributed by atoms with Crippen LogP contribution in [0.3, 0.4) is 0 Å². The van der Waals surface area contributed by atoms with Gasteiger partial charge in [-0.3, -0.25) is 4.68 Å². The summed E-state index contributed by atoms with van der Waals surface area (Å²) >= 11 is 0. The van der Waals surface area contributed by atoms with Crippen molar-refractivity contribution in [2.45, 2.75) is 33.1 Å². The quantitative estimate of drug-likeness (QED) is 0.700.